The number of nitrogens with one attached hydrogen (secondary N) is 1. The lowest BCUT2D eigenvalue weighted by atomic mass is 10.1. The standard InChI is InChI=1S/C15H20N2O2/c1-3-5-6-7-9-16-14-11-12(15(18)19)10-13(17-14)8-4-2/h1,10-11H,4-9H2,2H3,(H,16,17)(H,18,19). The number of unbranched alkanes of at least 4 members (excludes halogenated alkanes) is 2. The summed E-state index contributed by atoms with van der Waals surface area (Å²) in [6.07, 6.45) is 9.59. The van der Waals surface area contributed by atoms with Gasteiger partial charge in [-0.15, -0.1) is 12.3 Å². The number of hydrogen-bond donors (Lipinski definition) is 2. The van der Waals surface area contributed by atoms with Crippen molar-refractivity contribution in [3.05, 3.63) is 23.4 Å². The van der Waals surface area contributed by atoms with E-state index in [1.54, 1.807) is 12.1 Å². The molecular weight excluding hydrogens is 240 g/mol. The third-order valence-corrected chi connectivity index (χ3v) is 2.69. The highest BCUT2D eigenvalue weighted by Crippen LogP contribution is 2.12. The first kappa shape index (κ1) is 15.0. The van der Waals surface area contributed by atoms with E-state index in [2.05, 4.69) is 16.2 Å². The molecule has 0 amide bonds. The predicted octanol–water partition coefficient (Wildman–Crippen LogP) is 2.95. The molecule has 0 atom stereocenters. The number of aryl methyl sites for hydroxylation is 1. The lowest BCUT2D eigenvalue weighted by Crippen LogP contribution is -2.07. The molecule has 4 heteroatoms. The average Bonchev–Trinajstić information content (AvgIpc) is 2.38. The van der Waals surface area contributed by atoms with Crippen molar-refractivity contribution in [2.24, 2.45) is 0 Å². The van der Waals surface area contributed by atoms with Crippen LogP contribution in [-0.4, -0.2) is 22.6 Å². The van der Waals surface area contributed by atoms with Crippen LogP contribution < -0.4 is 5.32 Å². The number of carbonyl (C=O) groups is 1. The van der Waals surface area contributed by atoms with Crippen LogP contribution in [0.5, 0.6) is 0 Å². The van der Waals surface area contributed by atoms with Crippen LogP contribution in [0, 0.1) is 12.3 Å². The molecule has 102 valence electrons. The first-order valence-electron chi connectivity index (χ1n) is 6.59. The van der Waals surface area contributed by atoms with Crippen molar-refractivity contribution in [2.45, 2.75) is 39.0 Å². The second-order valence-corrected chi connectivity index (χ2v) is 4.38. The maximum absolute atomic E-state index is 11.0. The summed E-state index contributed by atoms with van der Waals surface area (Å²) in [5.74, 6) is 2.30. The Labute approximate surface area is 114 Å². The van der Waals surface area contributed by atoms with Gasteiger partial charge in [0.25, 0.3) is 0 Å². The van der Waals surface area contributed by atoms with Crippen molar-refractivity contribution in [1.29, 1.82) is 0 Å². The zero-order chi connectivity index (χ0) is 14.1. The number of aromatic nitrogens is 1. The summed E-state index contributed by atoms with van der Waals surface area (Å²) in [5, 5.41) is 12.2. The molecule has 0 saturated carbocycles. The molecule has 0 fully saturated rings. The molecule has 1 heterocycles. The normalized spacial score (nSPS) is 9.89. The van der Waals surface area contributed by atoms with Crippen molar-refractivity contribution < 1.29 is 9.90 Å². The smallest absolute Gasteiger partial charge is 0.335 e. The number of rotatable bonds is 8. The minimum atomic E-state index is -0.921. The van der Waals surface area contributed by atoms with Crippen molar-refractivity contribution in [2.75, 3.05) is 11.9 Å². The Morgan fingerprint density at radius 2 is 2.26 bits per heavy atom. The molecule has 0 bridgehead atoms. The van der Waals surface area contributed by atoms with Gasteiger partial charge in [-0.25, -0.2) is 9.78 Å². The Kier molecular flexibility index (Phi) is 6.45. The number of carboxylic acid groups (broad SMARTS) is 1. The van der Waals surface area contributed by atoms with Gasteiger partial charge in [0.2, 0.25) is 0 Å². The van der Waals surface area contributed by atoms with Gasteiger partial charge in [0, 0.05) is 18.7 Å². The van der Waals surface area contributed by atoms with Gasteiger partial charge in [-0.05, 0) is 31.4 Å². The SMILES string of the molecule is C#CCCCCNc1cc(C(=O)O)cc(CCC)n1. The summed E-state index contributed by atoms with van der Waals surface area (Å²) in [5.41, 5.74) is 1.10. The van der Waals surface area contributed by atoms with Crippen LogP contribution in [-0.2, 0) is 6.42 Å². The average molecular weight is 260 g/mol. The first-order valence-corrected chi connectivity index (χ1v) is 6.59. The maximum Gasteiger partial charge on any atom is 0.335 e. The number of anilines is 1. The number of aromatic carboxylic acids is 1. The van der Waals surface area contributed by atoms with Crippen LogP contribution in [0.25, 0.3) is 0 Å². The zero-order valence-corrected chi connectivity index (χ0v) is 11.3. The number of terminal acetylenes is 1. The molecule has 0 radical (unpaired) electrons. The van der Waals surface area contributed by atoms with Gasteiger partial charge in [-0.2, -0.15) is 0 Å². The topological polar surface area (TPSA) is 62.2 Å². The van der Waals surface area contributed by atoms with Crippen LogP contribution >= 0.6 is 0 Å². The summed E-state index contributed by atoms with van der Waals surface area (Å²) in [6.45, 7) is 2.80. The molecular formula is C15H20N2O2. The fourth-order valence-electron chi connectivity index (χ4n) is 1.75. The predicted molar refractivity (Wildman–Crippen MR) is 76.4 cm³/mol. The Balaban J connectivity index is 2.65. The van der Waals surface area contributed by atoms with Crippen LogP contribution in [0.2, 0.25) is 0 Å². The minimum absolute atomic E-state index is 0.282. The molecule has 1 rings (SSSR count). The fraction of sp³-hybridized carbons (Fsp3) is 0.467. The van der Waals surface area contributed by atoms with E-state index < -0.39 is 5.97 Å². The van der Waals surface area contributed by atoms with Crippen LogP contribution in [0.15, 0.2) is 12.1 Å². The highest BCUT2D eigenvalue weighted by atomic mass is 16.4. The molecule has 1 aromatic rings. The molecule has 19 heavy (non-hydrogen) atoms. The Morgan fingerprint density at radius 3 is 2.89 bits per heavy atom. The van der Waals surface area contributed by atoms with E-state index in [0.717, 1.165) is 44.3 Å². The molecule has 1 aromatic heterocycles. The molecule has 0 aliphatic heterocycles. The van der Waals surface area contributed by atoms with Gasteiger partial charge >= 0.3 is 5.97 Å². The maximum atomic E-state index is 11.0. The summed E-state index contributed by atoms with van der Waals surface area (Å²) < 4.78 is 0. The summed E-state index contributed by atoms with van der Waals surface area (Å²) >= 11 is 0. The number of nitrogens with zero attached hydrogens (tertiary/aromatic N) is 1. The van der Waals surface area contributed by atoms with Crippen molar-refractivity contribution in [1.82, 2.24) is 4.98 Å². The zero-order valence-electron chi connectivity index (χ0n) is 11.3. The molecule has 0 saturated heterocycles. The van der Waals surface area contributed by atoms with Gasteiger partial charge in [-0.1, -0.05) is 13.3 Å². The van der Waals surface area contributed by atoms with E-state index >= 15 is 0 Å². The van der Waals surface area contributed by atoms with Gasteiger partial charge in [0.15, 0.2) is 0 Å². The third-order valence-electron chi connectivity index (χ3n) is 2.69. The fourth-order valence-corrected chi connectivity index (χ4v) is 1.75. The molecule has 4 nitrogen and oxygen atoms in total. The second kappa shape index (κ2) is 8.15. The molecule has 0 unspecified atom stereocenters. The van der Waals surface area contributed by atoms with Gasteiger partial charge in [0.05, 0.1) is 5.56 Å². The molecule has 2 N–H and O–H groups in total. The van der Waals surface area contributed by atoms with Gasteiger partial charge < -0.3 is 10.4 Å². The van der Waals surface area contributed by atoms with E-state index in [-0.39, 0.29) is 5.56 Å². The van der Waals surface area contributed by atoms with E-state index in [1.165, 1.54) is 0 Å². The quantitative estimate of drug-likeness (QED) is 0.557. The van der Waals surface area contributed by atoms with Crippen LogP contribution in [0.3, 0.4) is 0 Å². The van der Waals surface area contributed by atoms with E-state index in [0.29, 0.717) is 5.82 Å². The summed E-state index contributed by atoms with van der Waals surface area (Å²) in [7, 11) is 0. The monoisotopic (exact) mass is 260 g/mol. The molecule has 0 aliphatic carbocycles. The van der Waals surface area contributed by atoms with Crippen molar-refractivity contribution in [3.63, 3.8) is 0 Å². The van der Waals surface area contributed by atoms with Gasteiger partial charge in [0.1, 0.15) is 5.82 Å². The molecule has 0 spiro atoms. The highest BCUT2D eigenvalue weighted by Gasteiger charge is 2.07. The molecule has 0 aliphatic rings. The van der Waals surface area contributed by atoms with Crippen LogP contribution in [0.4, 0.5) is 5.82 Å². The number of hydrogen-bond acceptors (Lipinski definition) is 3. The summed E-state index contributed by atoms with van der Waals surface area (Å²) in [6, 6.07) is 3.21. The third kappa shape index (κ3) is 5.43. The van der Waals surface area contributed by atoms with Gasteiger partial charge in [-0.3, -0.25) is 0 Å². The second-order valence-electron chi connectivity index (χ2n) is 4.38. The van der Waals surface area contributed by atoms with Crippen molar-refractivity contribution >= 4 is 11.8 Å². The lowest BCUT2D eigenvalue weighted by molar-refractivity contribution is 0.0696. The minimum Gasteiger partial charge on any atom is -0.478 e. The van der Waals surface area contributed by atoms with Crippen molar-refractivity contribution in [3.8, 4) is 12.3 Å². The first-order chi connectivity index (χ1) is 9.17. The Bertz CT molecular complexity index is 464. The van der Waals surface area contributed by atoms with E-state index in [4.69, 9.17) is 11.5 Å². The Morgan fingerprint density at radius 1 is 1.47 bits per heavy atom. The highest BCUT2D eigenvalue weighted by molar-refractivity contribution is 5.88. The van der Waals surface area contributed by atoms with E-state index in [1.807, 2.05) is 6.92 Å². The number of carboxylic acids is 1. The Hall–Kier alpha value is -2.02. The summed E-state index contributed by atoms with van der Waals surface area (Å²) in [4.78, 5) is 15.5. The largest absolute Gasteiger partial charge is 0.478 e. The lowest BCUT2D eigenvalue weighted by Gasteiger charge is -2.08. The molecule has 0 aromatic carbocycles. The number of pyridine rings is 1. The van der Waals surface area contributed by atoms with E-state index in [9.17, 15) is 4.79 Å². The van der Waals surface area contributed by atoms with Crippen LogP contribution in [0.1, 0.15) is 48.7 Å².